The molecule has 6 heteroatoms. The van der Waals surface area contributed by atoms with E-state index in [0.717, 1.165) is 31.4 Å². The monoisotopic (exact) mass is 239 g/mol. The van der Waals surface area contributed by atoms with Crippen LogP contribution in [0.4, 0.5) is 0 Å². The lowest BCUT2D eigenvalue weighted by molar-refractivity contribution is -0.121. The molecule has 0 aromatic carbocycles. The van der Waals surface area contributed by atoms with Crippen LogP contribution in [0.1, 0.15) is 31.9 Å². The highest BCUT2D eigenvalue weighted by molar-refractivity contribution is 5.75. The molecule has 0 saturated carbocycles. The van der Waals surface area contributed by atoms with E-state index in [-0.39, 0.29) is 12.5 Å². The Bertz CT molecular complexity index is 336. The number of rotatable bonds is 8. The van der Waals surface area contributed by atoms with E-state index in [4.69, 9.17) is 5.73 Å². The van der Waals surface area contributed by atoms with Gasteiger partial charge in [-0.05, 0) is 32.2 Å². The molecule has 0 saturated heterocycles. The van der Waals surface area contributed by atoms with E-state index in [2.05, 4.69) is 15.6 Å². The third-order valence-corrected chi connectivity index (χ3v) is 2.35. The Labute approximate surface area is 102 Å². The molecule has 0 spiro atoms. The van der Waals surface area contributed by atoms with Crippen molar-refractivity contribution in [3.05, 3.63) is 11.9 Å². The maximum Gasteiger partial charge on any atom is 0.241 e. The van der Waals surface area contributed by atoms with Gasteiger partial charge in [0.25, 0.3) is 0 Å². The molecule has 0 bridgehead atoms. The van der Waals surface area contributed by atoms with E-state index in [0.29, 0.717) is 13.1 Å². The number of carbonyl (C=O) groups excluding carboxylic acids is 1. The zero-order chi connectivity index (χ0) is 12.5. The van der Waals surface area contributed by atoms with Crippen LogP contribution in [0.25, 0.3) is 0 Å². The molecule has 1 rings (SSSR count). The minimum absolute atomic E-state index is 0.0229. The van der Waals surface area contributed by atoms with Gasteiger partial charge in [0.1, 0.15) is 6.54 Å². The summed E-state index contributed by atoms with van der Waals surface area (Å²) in [6.07, 6.45) is 5.63. The molecule has 0 aliphatic carbocycles. The van der Waals surface area contributed by atoms with Crippen molar-refractivity contribution in [3.8, 4) is 0 Å². The Morgan fingerprint density at radius 1 is 1.53 bits per heavy atom. The summed E-state index contributed by atoms with van der Waals surface area (Å²) >= 11 is 0. The molecule has 0 atom stereocenters. The number of nitrogens with zero attached hydrogens (tertiary/aromatic N) is 3. The van der Waals surface area contributed by atoms with Crippen molar-refractivity contribution in [2.75, 3.05) is 13.1 Å². The molecule has 1 aromatic heterocycles. The molecular weight excluding hydrogens is 218 g/mol. The van der Waals surface area contributed by atoms with Crippen molar-refractivity contribution in [3.63, 3.8) is 0 Å². The maximum absolute atomic E-state index is 11.4. The standard InChI is InChI=1S/C11H21N5O/c1-2-7-13-11(17)9-16-8-10(14-15-16)5-3-4-6-12/h8H,2-7,9,12H2,1H3,(H,13,17). The van der Waals surface area contributed by atoms with Gasteiger partial charge in [-0.1, -0.05) is 12.1 Å². The van der Waals surface area contributed by atoms with Gasteiger partial charge < -0.3 is 11.1 Å². The number of nitrogens with two attached hydrogens (primary N) is 1. The van der Waals surface area contributed by atoms with E-state index in [9.17, 15) is 4.79 Å². The average molecular weight is 239 g/mol. The number of nitrogens with one attached hydrogen (secondary N) is 1. The number of amides is 1. The van der Waals surface area contributed by atoms with Gasteiger partial charge in [-0.2, -0.15) is 0 Å². The summed E-state index contributed by atoms with van der Waals surface area (Å²) in [6, 6.07) is 0. The van der Waals surface area contributed by atoms with Crippen LogP contribution >= 0.6 is 0 Å². The predicted molar refractivity (Wildman–Crippen MR) is 65.3 cm³/mol. The largest absolute Gasteiger partial charge is 0.355 e. The molecular formula is C11H21N5O. The highest BCUT2D eigenvalue weighted by Crippen LogP contribution is 2.00. The van der Waals surface area contributed by atoms with Crippen LogP contribution in [0.2, 0.25) is 0 Å². The van der Waals surface area contributed by atoms with E-state index in [1.807, 2.05) is 13.1 Å². The molecule has 1 aromatic rings. The fourth-order valence-electron chi connectivity index (χ4n) is 1.45. The molecule has 1 amide bonds. The fraction of sp³-hybridized carbons (Fsp3) is 0.727. The molecule has 0 aliphatic rings. The molecule has 6 nitrogen and oxygen atoms in total. The minimum Gasteiger partial charge on any atom is -0.355 e. The molecule has 0 unspecified atom stereocenters. The Morgan fingerprint density at radius 3 is 3.06 bits per heavy atom. The van der Waals surface area contributed by atoms with Gasteiger partial charge in [0.05, 0.1) is 5.69 Å². The summed E-state index contributed by atoms with van der Waals surface area (Å²) in [5.74, 6) is -0.0229. The van der Waals surface area contributed by atoms with E-state index >= 15 is 0 Å². The SMILES string of the molecule is CCCNC(=O)Cn1cc(CCCCN)nn1. The van der Waals surface area contributed by atoms with Gasteiger partial charge in [0.2, 0.25) is 5.91 Å². The van der Waals surface area contributed by atoms with Gasteiger partial charge in [-0.15, -0.1) is 5.10 Å². The number of carbonyl (C=O) groups is 1. The first-order chi connectivity index (χ1) is 8.26. The number of aryl methyl sites for hydroxylation is 1. The lowest BCUT2D eigenvalue weighted by Crippen LogP contribution is -2.28. The molecule has 0 aliphatic heterocycles. The lowest BCUT2D eigenvalue weighted by atomic mass is 10.2. The van der Waals surface area contributed by atoms with Crippen LogP contribution in [0.5, 0.6) is 0 Å². The van der Waals surface area contributed by atoms with Crippen molar-refractivity contribution in [2.24, 2.45) is 5.73 Å². The number of aromatic nitrogens is 3. The predicted octanol–water partition coefficient (Wildman–Crippen LogP) is 0.0857. The average Bonchev–Trinajstić information content (AvgIpc) is 2.74. The van der Waals surface area contributed by atoms with Crippen LogP contribution in [-0.4, -0.2) is 34.0 Å². The van der Waals surface area contributed by atoms with Crippen LogP contribution in [0.3, 0.4) is 0 Å². The molecule has 0 radical (unpaired) electrons. The molecule has 96 valence electrons. The van der Waals surface area contributed by atoms with Gasteiger partial charge in [0.15, 0.2) is 0 Å². The number of unbranched alkanes of at least 4 members (excludes halogenated alkanes) is 1. The third kappa shape index (κ3) is 5.44. The van der Waals surface area contributed by atoms with Gasteiger partial charge in [-0.3, -0.25) is 4.79 Å². The second-order valence-corrected chi connectivity index (χ2v) is 4.00. The highest BCUT2D eigenvalue weighted by Gasteiger charge is 2.05. The Hall–Kier alpha value is -1.43. The summed E-state index contributed by atoms with van der Waals surface area (Å²) in [5.41, 5.74) is 6.33. The quantitative estimate of drug-likeness (QED) is 0.629. The van der Waals surface area contributed by atoms with Gasteiger partial charge >= 0.3 is 0 Å². The van der Waals surface area contributed by atoms with E-state index in [1.165, 1.54) is 0 Å². The third-order valence-electron chi connectivity index (χ3n) is 2.35. The maximum atomic E-state index is 11.4. The second kappa shape index (κ2) is 7.78. The van der Waals surface area contributed by atoms with E-state index in [1.54, 1.807) is 4.68 Å². The topological polar surface area (TPSA) is 85.8 Å². The van der Waals surface area contributed by atoms with Gasteiger partial charge in [0, 0.05) is 12.7 Å². The smallest absolute Gasteiger partial charge is 0.241 e. The van der Waals surface area contributed by atoms with Crippen molar-refractivity contribution in [1.82, 2.24) is 20.3 Å². The zero-order valence-corrected chi connectivity index (χ0v) is 10.4. The Balaban J connectivity index is 2.32. The van der Waals surface area contributed by atoms with Gasteiger partial charge in [-0.25, -0.2) is 4.68 Å². The summed E-state index contributed by atoms with van der Waals surface area (Å²) in [4.78, 5) is 11.4. The zero-order valence-electron chi connectivity index (χ0n) is 10.4. The van der Waals surface area contributed by atoms with Crippen molar-refractivity contribution in [1.29, 1.82) is 0 Å². The summed E-state index contributed by atoms with van der Waals surface area (Å²) in [6.45, 7) is 3.67. The van der Waals surface area contributed by atoms with Crippen LogP contribution < -0.4 is 11.1 Å². The first-order valence-corrected chi connectivity index (χ1v) is 6.12. The summed E-state index contributed by atoms with van der Waals surface area (Å²) < 4.78 is 1.57. The number of hydrogen-bond acceptors (Lipinski definition) is 4. The van der Waals surface area contributed by atoms with Crippen molar-refractivity contribution in [2.45, 2.75) is 39.2 Å². The van der Waals surface area contributed by atoms with Crippen LogP contribution in [0, 0.1) is 0 Å². The summed E-state index contributed by atoms with van der Waals surface area (Å²) in [5, 5.41) is 10.7. The first kappa shape index (κ1) is 13.6. The first-order valence-electron chi connectivity index (χ1n) is 6.12. The lowest BCUT2D eigenvalue weighted by Gasteiger charge is -2.02. The normalized spacial score (nSPS) is 10.5. The van der Waals surface area contributed by atoms with Crippen molar-refractivity contribution < 1.29 is 4.79 Å². The molecule has 0 fully saturated rings. The van der Waals surface area contributed by atoms with Crippen molar-refractivity contribution >= 4 is 5.91 Å². The van der Waals surface area contributed by atoms with E-state index < -0.39 is 0 Å². The minimum atomic E-state index is -0.0229. The highest BCUT2D eigenvalue weighted by atomic mass is 16.2. The van der Waals surface area contributed by atoms with Crippen LogP contribution in [0.15, 0.2) is 6.20 Å². The molecule has 17 heavy (non-hydrogen) atoms. The molecule has 3 N–H and O–H groups in total. The van der Waals surface area contributed by atoms with Crippen LogP contribution in [-0.2, 0) is 17.8 Å². The Kier molecular flexibility index (Phi) is 6.24. The second-order valence-electron chi connectivity index (χ2n) is 4.00. The fourth-order valence-corrected chi connectivity index (χ4v) is 1.45. The summed E-state index contributed by atoms with van der Waals surface area (Å²) in [7, 11) is 0. The Morgan fingerprint density at radius 2 is 2.35 bits per heavy atom. The number of hydrogen-bond donors (Lipinski definition) is 2. The molecule has 1 heterocycles.